The van der Waals surface area contributed by atoms with Crippen molar-refractivity contribution in [2.24, 2.45) is 0 Å². The smallest absolute Gasteiger partial charge is 0.337 e. The number of benzene rings is 2. The van der Waals surface area contributed by atoms with Crippen LogP contribution in [-0.2, 0) is 14.8 Å². The first kappa shape index (κ1) is 22.0. The van der Waals surface area contributed by atoms with Crippen LogP contribution in [0.4, 0.5) is 0 Å². The number of aryl methyl sites for hydroxylation is 2. The van der Waals surface area contributed by atoms with Gasteiger partial charge in [-0.05, 0) is 62.1 Å². The molecule has 1 heterocycles. The molecule has 1 N–H and O–H groups in total. The van der Waals surface area contributed by atoms with Crippen LogP contribution in [0.5, 0.6) is 0 Å². The Morgan fingerprint density at radius 3 is 2.30 bits per heavy atom. The molecule has 0 saturated carbocycles. The lowest BCUT2D eigenvalue weighted by Crippen LogP contribution is -2.46. The number of rotatable bonds is 5. The zero-order valence-electron chi connectivity index (χ0n) is 17.3. The van der Waals surface area contributed by atoms with Crippen LogP contribution < -0.4 is 5.32 Å². The van der Waals surface area contributed by atoms with Gasteiger partial charge in [-0.2, -0.15) is 4.31 Å². The third kappa shape index (κ3) is 4.55. The summed E-state index contributed by atoms with van der Waals surface area (Å²) in [5, 5.41) is 3.01. The Bertz CT molecular complexity index is 1060. The normalized spacial score (nSPS) is 15.6. The van der Waals surface area contributed by atoms with E-state index in [-0.39, 0.29) is 16.8 Å². The summed E-state index contributed by atoms with van der Waals surface area (Å²) in [7, 11) is -2.40. The van der Waals surface area contributed by atoms with Gasteiger partial charge in [0.15, 0.2) is 0 Å². The minimum Gasteiger partial charge on any atom is -0.465 e. The van der Waals surface area contributed by atoms with Crippen molar-refractivity contribution in [3.05, 3.63) is 64.7 Å². The predicted octanol–water partition coefficient (Wildman–Crippen LogP) is 2.67. The van der Waals surface area contributed by atoms with Gasteiger partial charge in [0.1, 0.15) is 0 Å². The molecule has 0 bridgehead atoms. The van der Waals surface area contributed by atoms with Crippen molar-refractivity contribution >= 4 is 21.9 Å². The summed E-state index contributed by atoms with van der Waals surface area (Å²) in [6.07, 6.45) is 1.08. The van der Waals surface area contributed by atoms with Crippen LogP contribution in [0.1, 0.15) is 44.7 Å². The first-order valence-corrected chi connectivity index (χ1v) is 11.2. The van der Waals surface area contributed by atoms with Crippen molar-refractivity contribution < 1.29 is 22.7 Å². The van der Waals surface area contributed by atoms with E-state index < -0.39 is 16.0 Å². The molecule has 1 amide bonds. The molecule has 160 valence electrons. The fraction of sp³-hybridized carbons (Fsp3) is 0.364. The number of nitrogens with zero attached hydrogens (tertiary/aromatic N) is 1. The molecule has 0 aliphatic carbocycles. The van der Waals surface area contributed by atoms with Crippen LogP contribution in [-0.4, -0.2) is 50.8 Å². The number of hydrogen-bond acceptors (Lipinski definition) is 5. The average molecular weight is 431 g/mol. The van der Waals surface area contributed by atoms with Gasteiger partial charge >= 0.3 is 5.97 Å². The third-order valence-corrected chi connectivity index (χ3v) is 7.45. The maximum atomic E-state index is 13.1. The number of amides is 1. The van der Waals surface area contributed by atoms with Crippen molar-refractivity contribution in [3.8, 4) is 0 Å². The summed E-state index contributed by atoms with van der Waals surface area (Å²) >= 11 is 0. The van der Waals surface area contributed by atoms with E-state index in [2.05, 4.69) is 10.1 Å². The molecular weight excluding hydrogens is 404 g/mol. The lowest BCUT2D eigenvalue weighted by Gasteiger charge is -2.32. The Labute approximate surface area is 177 Å². The van der Waals surface area contributed by atoms with E-state index >= 15 is 0 Å². The molecule has 0 unspecified atom stereocenters. The van der Waals surface area contributed by atoms with E-state index in [4.69, 9.17) is 0 Å². The summed E-state index contributed by atoms with van der Waals surface area (Å²) in [4.78, 5) is 24.3. The number of ether oxygens (including phenoxy) is 1. The molecule has 7 nitrogen and oxygen atoms in total. The molecule has 0 aromatic heterocycles. The predicted molar refractivity (Wildman–Crippen MR) is 113 cm³/mol. The van der Waals surface area contributed by atoms with Gasteiger partial charge in [-0.3, -0.25) is 4.79 Å². The summed E-state index contributed by atoms with van der Waals surface area (Å²) in [5.41, 5.74) is 2.34. The van der Waals surface area contributed by atoms with Crippen molar-refractivity contribution in [2.45, 2.75) is 37.6 Å². The van der Waals surface area contributed by atoms with Crippen LogP contribution >= 0.6 is 0 Å². The van der Waals surface area contributed by atoms with Crippen LogP contribution in [0.15, 0.2) is 47.4 Å². The van der Waals surface area contributed by atoms with Gasteiger partial charge in [0.25, 0.3) is 5.91 Å². The number of hydrogen-bond donors (Lipinski definition) is 1. The Hall–Kier alpha value is -2.71. The average Bonchev–Trinajstić information content (AvgIpc) is 2.73. The van der Waals surface area contributed by atoms with Crippen molar-refractivity contribution in [2.75, 3.05) is 20.2 Å². The monoisotopic (exact) mass is 430 g/mol. The number of sulfonamides is 1. The molecule has 1 aliphatic rings. The summed E-state index contributed by atoms with van der Waals surface area (Å²) < 4.78 is 32.3. The molecule has 1 aliphatic heterocycles. The van der Waals surface area contributed by atoms with E-state index in [0.29, 0.717) is 42.6 Å². The zero-order chi connectivity index (χ0) is 21.9. The summed E-state index contributed by atoms with van der Waals surface area (Å²) in [6.45, 7) is 4.19. The Morgan fingerprint density at radius 1 is 1.03 bits per heavy atom. The highest BCUT2D eigenvalue weighted by molar-refractivity contribution is 7.89. The molecule has 30 heavy (non-hydrogen) atoms. The highest BCUT2D eigenvalue weighted by Gasteiger charge is 2.31. The highest BCUT2D eigenvalue weighted by atomic mass is 32.2. The lowest BCUT2D eigenvalue weighted by molar-refractivity contribution is 0.0600. The molecule has 8 heteroatoms. The van der Waals surface area contributed by atoms with Crippen LogP contribution in [0.3, 0.4) is 0 Å². The fourth-order valence-corrected chi connectivity index (χ4v) is 5.33. The van der Waals surface area contributed by atoms with Crippen molar-refractivity contribution in [1.82, 2.24) is 9.62 Å². The number of carbonyl (C=O) groups excluding carboxylic acids is 2. The quantitative estimate of drug-likeness (QED) is 0.737. The minimum atomic E-state index is -3.68. The number of nitrogens with one attached hydrogen (secondary N) is 1. The topological polar surface area (TPSA) is 92.8 Å². The number of piperidine rings is 1. The first-order chi connectivity index (χ1) is 14.2. The minimum absolute atomic E-state index is 0.0775. The second kappa shape index (κ2) is 8.97. The third-order valence-electron chi connectivity index (χ3n) is 5.39. The highest BCUT2D eigenvalue weighted by Crippen LogP contribution is 2.24. The molecule has 2 aromatic carbocycles. The van der Waals surface area contributed by atoms with E-state index in [1.807, 2.05) is 25.1 Å². The van der Waals surface area contributed by atoms with Gasteiger partial charge in [-0.25, -0.2) is 13.2 Å². The number of carbonyl (C=O) groups is 2. The molecule has 1 saturated heterocycles. The number of esters is 1. The molecule has 3 rings (SSSR count). The first-order valence-electron chi connectivity index (χ1n) is 9.79. The van der Waals surface area contributed by atoms with E-state index in [1.165, 1.54) is 29.6 Å². The molecule has 1 fully saturated rings. The summed E-state index contributed by atoms with van der Waals surface area (Å²) in [6, 6.07) is 11.7. The Kier molecular flexibility index (Phi) is 6.58. The van der Waals surface area contributed by atoms with Crippen LogP contribution in [0, 0.1) is 13.8 Å². The second-order valence-corrected chi connectivity index (χ2v) is 9.34. The largest absolute Gasteiger partial charge is 0.465 e. The molecule has 0 radical (unpaired) electrons. The van der Waals surface area contributed by atoms with E-state index in [9.17, 15) is 18.0 Å². The van der Waals surface area contributed by atoms with Gasteiger partial charge in [0.2, 0.25) is 10.0 Å². The van der Waals surface area contributed by atoms with Gasteiger partial charge in [-0.15, -0.1) is 0 Å². The van der Waals surface area contributed by atoms with Gasteiger partial charge < -0.3 is 10.1 Å². The van der Waals surface area contributed by atoms with Crippen molar-refractivity contribution in [1.29, 1.82) is 0 Å². The maximum absolute atomic E-state index is 13.1. The van der Waals surface area contributed by atoms with Gasteiger partial charge in [0, 0.05) is 24.7 Å². The van der Waals surface area contributed by atoms with Gasteiger partial charge in [0.05, 0.1) is 17.6 Å². The Morgan fingerprint density at radius 2 is 1.70 bits per heavy atom. The standard InChI is InChI=1S/C22H26N2O5S/c1-15-6-4-5-7-19(15)21(25)23-18-10-12-24(13-11-18)30(27,28)20-9-8-17(14-16(20)2)22(26)29-3/h4-9,14,18H,10-13H2,1-3H3,(H,23,25). The molecule has 0 atom stereocenters. The van der Waals surface area contributed by atoms with Crippen LogP contribution in [0.25, 0.3) is 0 Å². The molecular formula is C22H26N2O5S. The fourth-order valence-electron chi connectivity index (χ4n) is 3.65. The molecule has 0 spiro atoms. The SMILES string of the molecule is COC(=O)c1ccc(S(=O)(=O)N2CCC(NC(=O)c3ccccc3C)CC2)c(C)c1. The van der Waals surface area contributed by atoms with E-state index in [1.54, 1.807) is 13.0 Å². The number of methoxy groups -OCH3 is 1. The Balaban J connectivity index is 1.66. The van der Waals surface area contributed by atoms with E-state index in [0.717, 1.165) is 5.56 Å². The van der Waals surface area contributed by atoms with Gasteiger partial charge in [-0.1, -0.05) is 18.2 Å². The van der Waals surface area contributed by atoms with Crippen LogP contribution in [0.2, 0.25) is 0 Å². The maximum Gasteiger partial charge on any atom is 0.337 e. The molecule has 2 aromatic rings. The zero-order valence-corrected chi connectivity index (χ0v) is 18.2. The lowest BCUT2D eigenvalue weighted by atomic mass is 10.0. The van der Waals surface area contributed by atoms with Crippen molar-refractivity contribution in [3.63, 3.8) is 0 Å². The second-order valence-electron chi connectivity index (χ2n) is 7.44. The summed E-state index contributed by atoms with van der Waals surface area (Å²) in [5.74, 6) is -0.643.